The van der Waals surface area contributed by atoms with Gasteiger partial charge in [0.15, 0.2) is 16.6 Å². The van der Waals surface area contributed by atoms with Crippen molar-refractivity contribution in [2.45, 2.75) is 193 Å². The molecule has 0 bridgehead atoms. The van der Waals surface area contributed by atoms with Crippen LogP contribution in [0.3, 0.4) is 0 Å². The lowest BCUT2D eigenvalue weighted by Gasteiger charge is -2.44. The first-order chi connectivity index (χ1) is 28.2. The average Bonchev–Trinajstić information content (AvgIpc) is 4.05. The molecular weight excluding hydrogens is 901 g/mol. The van der Waals surface area contributed by atoms with Crippen LogP contribution in [0.25, 0.3) is 22.3 Å². The van der Waals surface area contributed by atoms with E-state index in [2.05, 4.69) is 168 Å². The molecule has 60 heavy (non-hydrogen) atoms. The van der Waals surface area contributed by atoms with Crippen LogP contribution < -0.4 is 4.74 Å². The number of hydrogen-bond acceptors (Lipinski definition) is 3. The lowest BCUT2D eigenvalue weighted by molar-refractivity contribution is 0.0358. The van der Waals surface area contributed by atoms with Crippen molar-refractivity contribution >= 4 is 48.5 Å². The largest absolute Gasteiger partial charge is 0.491 e. The first kappa shape index (κ1) is 49.8. The molecule has 7 heteroatoms. The summed E-state index contributed by atoms with van der Waals surface area (Å²) in [5, 5.41) is 0.296. The van der Waals surface area contributed by atoms with Crippen molar-refractivity contribution in [2.75, 3.05) is 19.8 Å². The summed E-state index contributed by atoms with van der Waals surface area (Å²) < 4.78 is 22.8. The molecule has 0 atom stereocenters. The molecule has 3 aromatic carbocycles. The van der Waals surface area contributed by atoms with Crippen LogP contribution in [0.4, 0.5) is 0 Å². The Hall–Kier alpha value is -1.23. The van der Waals surface area contributed by atoms with Crippen LogP contribution in [0.1, 0.15) is 168 Å². The van der Waals surface area contributed by atoms with Crippen molar-refractivity contribution < 1.29 is 13.6 Å². The van der Waals surface area contributed by atoms with E-state index in [0.29, 0.717) is 25.7 Å². The van der Waals surface area contributed by atoms with E-state index in [1.807, 2.05) is 0 Å². The predicted octanol–water partition coefficient (Wildman–Crippen LogP) is 18.3. The van der Waals surface area contributed by atoms with Gasteiger partial charge in [-0.15, -0.1) is 0 Å². The number of hydrogen-bond donors (Lipinski definition) is 0. The molecule has 2 saturated carbocycles. The van der Waals surface area contributed by atoms with E-state index < -0.39 is 16.6 Å². The first-order valence-electron chi connectivity index (χ1n) is 23.8. The Bertz CT molecular complexity index is 1760. The van der Waals surface area contributed by atoms with E-state index in [-0.39, 0.29) is 15.5 Å². The maximum absolute atomic E-state index is 7.04. The van der Waals surface area contributed by atoms with E-state index in [1.165, 1.54) is 97.6 Å². The minimum atomic E-state index is -1.97. The molecule has 334 valence electrons. The summed E-state index contributed by atoms with van der Waals surface area (Å²) in [5.41, 5.74) is 8.08. The molecule has 0 saturated heterocycles. The fraction of sp³-hybridized carbons (Fsp3) is 0.660. The number of halogens is 2. The molecule has 3 nitrogen and oxygen atoms in total. The molecule has 2 aliphatic carbocycles. The van der Waals surface area contributed by atoms with Gasteiger partial charge in [-0.05, 0) is 183 Å². The Balaban J connectivity index is 1.31. The molecule has 0 N–H and O–H groups in total. The van der Waals surface area contributed by atoms with Crippen LogP contribution in [-0.4, -0.2) is 36.5 Å². The van der Waals surface area contributed by atoms with Crippen molar-refractivity contribution in [3.05, 3.63) is 74.7 Å². The summed E-state index contributed by atoms with van der Waals surface area (Å²) >= 11 is 7.93. The van der Waals surface area contributed by atoms with Gasteiger partial charge >= 0.3 is 0 Å². The third kappa shape index (κ3) is 13.2. The van der Waals surface area contributed by atoms with Gasteiger partial charge in [0.25, 0.3) is 0 Å². The number of ether oxygens (including phenoxy) is 1. The molecule has 0 amide bonds. The molecule has 2 aliphatic rings. The van der Waals surface area contributed by atoms with Crippen LogP contribution >= 0.6 is 31.9 Å². The second kappa shape index (κ2) is 21.2. The van der Waals surface area contributed by atoms with Crippen molar-refractivity contribution in [3.63, 3.8) is 0 Å². The minimum absolute atomic E-state index is 0.117. The second-order valence-electron chi connectivity index (χ2n) is 22.0. The van der Waals surface area contributed by atoms with Gasteiger partial charge in [-0.25, -0.2) is 0 Å². The van der Waals surface area contributed by atoms with Crippen LogP contribution in [0.5, 0.6) is 5.75 Å². The van der Waals surface area contributed by atoms with Gasteiger partial charge in [-0.1, -0.05) is 136 Å². The minimum Gasteiger partial charge on any atom is -0.491 e. The lowest BCUT2D eigenvalue weighted by atomic mass is 9.77. The van der Waals surface area contributed by atoms with Gasteiger partial charge in [0.05, 0.1) is 15.6 Å². The number of rotatable bonds is 21. The third-order valence-electron chi connectivity index (χ3n) is 15.2. The van der Waals surface area contributed by atoms with Gasteiger partial charge in [0.2, 0.25) is 0 Å². The van der Waals surface area contributed by atoms with Crippen LogP contribution in [0.2, 0.25) is 36.3 Å². The van der Waals surface area contributed by atoms with Gasteiger partial charge < -0.3 is 13.6 Å². The summed E-state index contributed by atoms with van der Waals surface area (Å²) in [5.74, 6) is 3.17. The molecule has 0 radical (unpaired) electrons. The summed E-state index contributed by atoms with van der Waals surface area (Å²) in [6, 6.07) is 21.3. The summed E-state index contributed by atoms with van der Waals surface area (Å²) in [6.45, 7) is 30.1. The smallest absolute Gasteiger partial charge is 0.192 e. The van der Waals surface area contributed by atoms with Crippen molar-refractivity contribution in [1.82, 2.24) is 0 Å². The number of benzene rings is 3. The highest BCUT2D eigenvalue weighted by atomic mass is 79.9. The Morgan fingerprint density at radius 3 is 1.65 bits per heavy atom. The molecular formula is C53H82Br2O3Si2. The zero-order valence-electron chi connectivity index (χ0n) is 39.9. The monoisotopic (exact) mass is 980 g/mol. The maximum atomic E-state index is 7.04. The van der Waals surface area contributed by atoms with Crippen LogP contribution in [0, 0.1) is 11.3 Å². The highest BCUT2D eigenvalue weighted by molar-refractivity contribution is 9.11. The third-order valence-corrected chi connectivity index (χ3v) is 25.3. The van der Waals surface area contributed by atoms with Crippen molar-refractivity contribution in [2.24, 2.45) is 11.3 Å². The number of unbranched alkanes of at least 4 members (excludes halogenated alkanes) is 3. The molecule has 2 fully saturated rings. The summed E-state index contributed by atoms with van der Waals surface area (Å²) in [4.78, 5) is 0. The van der Waals surface area contributed by atoms with E-state index in [4.69, 9.17) is 13.6 Å². The zero-order valence-corrected chi connectivity index (χ0v) is 45.1. The van der Waals surface area contributed by atoms with E-state index in [1.54, 1.807) is 0 Å². The fourth-order valence-electron chi connectivity index (χ4n) is 8.48. The molecule has 3 aromatic rings. The topological polar surface area (TPSA) is 27.7 Å². The predicted molar refractivity (Wildman–Crippen MR) is 272 cm³/mol. The standard InChI is InChI=1S/C53H82Br2O3Si2/c1-13-15-17-18-39-19-21-40(22-20-39)41-23-25-42(26-24-41)44-29-30-46(47(34-44)43-27-28-43)45-35-48(54)50(49(55)36-45)56-33-32-53(31-16-14-2,37-57-59(9,10)51(3,4)5)38-58-60(11,12)52(6,7)8/h23-26,29-30,34-36,39-40,43H,13-22,27-28,31-33,37-38H2,1-12H3. The summed E-state index contributed by atoms with van der Waals surface area (Å²) in [7, 11) is -3.94. The SMILES string of the molecule is CCCCCC1CCC(c2ccc(-c3ccc(-c4cc(Br)c(OCCC(CCCC)(CO[Si](C)(C)C(C)(C)C)CO[Si](C)(C)C(C)(C)C)c(Br)c4)c(C4CC4)c3)cc2)CC1. The van der Waals surface area contributed by atoms with Gasteiger partial charge in [0, 0.05) is 18.6 Å². The van der Waals surface area contributed by atoms with E-state index in [0.717, 1.165) is 52.2 Å². The Kier molecular flexibility index (Phi) is 17.6. The Morgan fingerprint density at radius 2 is 1.13 bits per heavy atom. The second-order valence-corrected chi connectivity index (χ2v) is 33.3. The van der Waals surface area contributed by atoms with Crippen LogP contribution in [-0.2, 0) is 8.85 Å². The molecule has 0 aromatic heterocycles. The Labute approximate surface area is 386 Å². The lowest BCUT2D eigenvalue weighted by Crippen LogP contribution is -2.48. The van der Waals surface area contributed by atoms with E-state index in [9.17, 15) is 0 Å². The maximum Gasteiger partial charge on any atom is 0.192 e. The molecule has 0 spiro atoms. The normalized spacial score (nSPS) is 18.2. The van der Waals surface area contributed by atoms with Gasteiger partial charge in [-0.2, -0.15) is 0 Å². The highest BCUT2D eigenvalue weighted by Crippen LogP contribution is 2.49. The van der Waals surface area contributed by atoms with Crippen LogP contribution in [0.15, 0.2) is 63.5 Å². The van der Waals surface area contributed by atoms with Gasteiger partial charge in [0.1, 0.15) is 5.75 Å². The Morgan fingerprint density at radius 1 is 0.600 bits per heavy atom. The van der Waals surface area contributed by atoms with Crippen molar-refractivity contribution in [3.8, 4) is 28.0 Å². The molecule has 0 aliphatic heterocycles. The molecule has 0 unspecified atom stereocenters. The highest BCUT2D eigenvalue weighted by Gasteiger charge is 2.43. The first-order valence-corrected chi connectivity index (χ1v) is 31.2. The van der Waals surface area contributed by atoms with Gasteiger partial charge in [-0.3, -0.25) is 0 Å². The fourth-order valence-corrected chi connectivity index (χ4v) is 12.1. The summed E-state index contributed by atoms with van der Waals surface area (Å²) in [6.07, 6.45) is 17.9. The molecule has 0 heterocycles. The van der Waals surface area contributed by atoms with Crippen molar-refractivity contribution in [1.29, 1.82) is 0 Å². The zero-order chi connectivity index (χ0) is 43.9. The quantitative estimate of drug-likeness (QED) is 0.0786. The molecule has 5 rings (SSSR count). The van der Waals surface area contributed by atoms with E-state index >= 15 is 0 Å². The average molecular weight is 983 g/mol.